The highest BCUT2D eigenvalue weighted by molar-refractivity contribution is 7.92. The first-order chi connectivity index (χ1) is 14.1. The van der Waals surface area contributed by atoms with E-state index in [4.69, 9.17) is 4.74 Å². The Bertz CT molecular complexity index is 1000. The number of hydrogen-bond acceptors (Lipinski definition) is 5. The second-order valence-electron chi connectivity index (χ2n) is 7.10. The molecule has 8 nitrogen and oxygen atoms in total. The average molecular weight is 435 g/mol. The monoisotopic (exact) mass is 435 g/mol. The number of sulfonamides is 1. The van der Waals surface area contributed by atoms with E-state index in [1.165, 1.54) is 37.4 Å². The molecule has 0 bridgehead atoms. The molecule has 0 aliphatic rings. The fraction of sp³-hybridized carbons (Fsp3) is 0.333. The van der Waals surface area contributed by atoms with Crippen LogP contribution in [0.2, 0.25) is 0 Å². The zero-order chi connectivity index (χ0) is 22.5. The van der Waals surface area contributed by atoms with Gasteiger partial charge in [0.1, 0.15) is 12.3 Å². The molecule has 0 unspecified atom stereocenters. The van der Waals surface area contributed by atoms with Gasteiger partial charge < -0.3 is 14.9 Å². The smallest absolute Gasteiger partial charge is 0.324 e. The second-order valence-corrected chi connectivity index (χ2v) is 8.96. The second kappa shape index (κ2) is 9.62. The first-order valence-electron chi connectivity index (χ1n) is 9.27. The Balaban J connectivity index is 2.57. The third-order valence-electron chi connectivity index (χ3n) is 4.75. The summed E-state index contributed by atoms with van der Waals surface area (Å²) in [7, 11) is -2.77. The maximum absolute atomic E-state index is 13.3. The van der Waals surface area contributed by atoms with Gasteiger partial charge in [-0.2, -0.15) is 0 Å². The molecular weight excluding hydrogens is 410 g/mol. The lowest BCUT2D eigenvalue weighted by Gasteiger charge is -2.26. The molecule has 0 heterocycles. The van der Waals surface area contributed by atoms with Crippen LogP contribution in [0.15, 0.2) is 53.4 Å². The number of carboxylic acid groups (broad SMARTS) is 2. The molecule has 0 spiro atoms. The lowest BCUT2D eigenvalue weighted by molar-refractivity contribution is -0.143. The SMILES string of the molecule is COc1ccc(S(=O)(=O)N(CC(=O)O)c2ccccc2C[C@@H](C(=O)O)C(C)C)cc1. The van der Waals surface area contributed by atoms with E-state index >= 15 is 0 Å². The van der Waals surface area contributed by atoms with E-state index in [1.807, 2.05) is 0 Å². The van der Waals surface area contributed by atoms with Crippen molar-refractivity contribution < 1.29 is 33.0 Å². The van der Waals surface area contributed by atoms with Crippen LogP contribution in [-0.2, 0) is 26.0 Å². The quantitative estimate of drug-likeness (QED) is 0.588. The van der Waals surface area contributed by atoms with Crippen LogP contribution in [0.5, 0.6) is 5.75 Å². The van der Waals surface area contributed by atoms with Crippen molar-refractivity contribution in [1.29, 1.82) is 0 Å². The summed E-state index contributed by atoms with van der Waals surface area (Å²) in [6, 6.07) is 12.0. The van der Waals surface area contributed by atoms with Gasteiger partial charge in [0.25, 0.3) is 10.0 Å². The van der Waals surface area contributed by atoms with E-state index in [2.05, 4.69) is 0 Å². The molecule has 0 saturated heterocycles. The van der Waals surface area contributed by atoms with Crippen molar-refractivity contribution in [3.63, 3.8) is 0 Å². The largest absolute Gasteiger partial charge is 0.497 e. The third-order valence-corrected chi connectivity index (χ3v) is 6.52. The molecule has 2 N–H and O–H groups in total. The number of ether oxygens (including phenoxy) is 1. The molecule has 0 saturated carbocycles. The zero-order valence-corrected chi connectivity index (χ0v) is 17.8. The lowest BCUT2D eigenvalue weighted by atomic mass is 9.89. The Hall–Kier alpha value is -3.07. The van der Waals surface area contributed by atoms with Crippen LogP contribution in [0.4, 0.5) is 5.69 Å². The Morgan fingerprint density at radius 3 is 2.13 bits per heavy atom. The number of benzene rings is 2. The molecule has 0 aromatic heterocycles. The van der Waals surface area contributed by atoms with Crippen molar-refractivity contribution in [2.45, 2.75) is 25.2 Å². The van der Waals surface area contributed by atoms with E-state index < -0.39 is 34.4 Å². The number of carbonyl (C=O) groups is 2. The van der Waals surface area contributed by atoms with E-state index in [1.54, 1.807) is 32.0 Å². The molecule has 30 heavy (non-hydrogen) atoms. The highest BCUT2D eigenvalue weighted by atomic mass is 32.2. The predicted octanol–water partition coefficient (Wildman–Crippen LogP) is 2.87. The van der Waals surface area contributed by atoms with Gasteiger partial charge in [-0.1, -0.05) is 32.0 Å². The highest BCUT2D eigenvalue weighted by Gasteiger charge is 2.30. The highest BCUT2D eigenvalue weighted by Crippen LogP contribution is 2.30. The molecule has 2 rings (SSSR count). The van der Waals surface area contributed by atoms with Crippen molar-refractivity contribution in [2.75, 3.05) is 18.0 Å². The number of hydrogen-bond donors (Lipinski definition) is 2. The summed E-state index contributed by atoms with van der Waals surface area (Å²) in [5.41, 5.74) is 0.583. The minimum Gasteiger partial charge on any atom is -0.497 e. The molecule has 9 heteroatoms. The fourth-order valence-corrected chi connectivity index (χ4v) is 4.52. The van der Waals surface area contributed by atoms with Crippen LogP contribution in [0.1, 0.15) is 19.4 Å². The number of nitrogens with zero attached hydrogens (tertiary/aromatic N) is 1. The number of methoxy groups -OCH3 is 1. The minimum absolute atomic E-state index is 0.0669. The van der Waals surface area contributed by atoms with E-state index in [9.17, 15) is 28.2 Å². The molecule has 0 amide bonds. The number of anilines is 1. The molecule has 2 aromatic rings. The van der Waals surface area contributed by atoms with Gasteiger partial charge in [-0.15, -0.1) is 0 Å². The Morgan fingerprint density at radius 1 is 1.03 bits per heavy atom. The Labute approximate surface area is 175 Å². The van der Waals surface area contributed by atoms with E-state index in [0.717, 1.165) is 4.31 Å². The van der Waals surface area contributed by atoms with Gasteiger partial charge in [0.05, 0.1) is 23.6 Å². The predicted molar refractivity (Wildman–Crippen MR) is 111 cm³/mol. The van der Waals surface area contributed by atoms with Crippen molar-refractivity contribution >= 4 is 27.6 Å². The summed E-state index contributed by atoms with van der Waals surface area (Å²) >= 11 is 0. The molecule has 1 atom stereocenters. The van der Waals surface area contributed by atoms with E-state index in [-0.39, 0.29) is 22.9 Å². The summed E-state index contributed by atoms with van der Waals surface area (Å²) in [6.07, 6.45) is 0.0669. The van der Waals surface area contributed by atoms with Crippen LogP contribution < -0.4 is 9.04 Å². The van der Waals surface area contributed by atoms with Crippen LogP contribution in [0.3, 0.4) is 0 Å². The normalized spacial score (nSPS) is 12.4. The molecular formula is C21H25NO7S. The first kappa shape index (κ1) is 23.2. The van der Waals surface area contributed by atoms with Gasteiger partial charge in [0, 0.05) is 0 Å². The topological polar surface area (TPSA) is 121 Å². The molecule has 0 aliphatic carbocycles. The zero-order valence-electron chi connectivity index (χ0n) is 17.0. The fourth-order valence-electron chi connectivity index (χ4n) is 3.07. The van der Waals surface area contributed by atoms with Gasteiger partial charge >= 0.3 is 11.9 Å². The molecule has 2 aromatic carbocycles. The summed E-state index contributed by atoms with van der Waals surface area (Å²) in [4.78, 5) is 23.0. The van der Waals surface area contributed by atoms with E-state index in [0.29, 0.717) is 11.3 Å². The Kier molecular flexibility index (Phi) is 7.44. The number of rotatable bonds is 10. The van der Waals surface area contributed by atoms with Crippen molar-refractivity contribution in [2.24, 2.45) is 11.8 Å². The van der Waals surface area contributed by atoms with Gasteiger partial charge in [-0.25, -0.2) is 8.42 Å². The number of para-hydroxylation sites is 1. The van der Waals surface area contributed by atoms with Crippen molar-refractivity contribution in [3.8, 4) is 5.75 Å². The van der Waals surface area contributed by atoms with Crippen LogP contribution in [0, 0.1) is 11.8 Å². The summed E-state index contributed by atoms with van der Waals surface area (Å²) in [5.74, 6) is -2.81. The Morgan fingerprint density at radius 2 is 1.63 bits per heavy atom. The summed E-state index contributed by atoms with van der Waals surface area (Å²) in [6.45, 7) is 2.74. The minimum atomic E-state index is -4.22. The molecule has 0 aliphatic heterocycles. The maximum atomic E-state index is 13.3. The van der Waals surface area contributed by atoms with Crippen LogP contribution in [-0.4, -0.2) is 44.2 Å². The van der Waals surface area contributed by atoms with Crippen LogP contribution in [0.25, 0.3) is 0 Å². The van der Waals surface area contributed by atoms with Gasteiger partial charge in [0.15, 0.2) is 0 Å². The maximum Gasteiger partial charge on any atom is 0.324 e. The summed E-state index contributed by atoms with van der Waals surface area (Å²) in [5, 5.41) is 18.9. The third kappa shape index (κ3) is 5.29. The van der Waals surface area contributed by atoms with Crippen molar-refractivity contribution in [3.05, 3.63) is 54.1 Å². The standard InChI is InChI=1S/C21H25NO7S/c1-14(2)18(21(25)26)12-15-6-4-5-7-19(15)22(13-20(23)24)30(27,28)17-10-8-16(29-3)9-11-17/h4-11,14,18H,12-13H2,1-3H3,(H,23,24)(H,25,26)/t18-/m1/s1. The lowest BCUT2D eigenvalue weighted by Crippen LogP contribution is -2.36. The number of aliphatic carboxylic acids is 2. The van der Waals surface area contributed by atoms with Gasteiger partial charge in [0.2, 0.25) is 0 Å². The average Bonchev–Trinajstić information content (AvgIpc) is 2.70. The van der Waals surface area contributed by atoms with Gasteiger partial charge in [-0.05, 0) is 48.2 Å². The summed E-state index contributed by atoms with van der Waals surface area (Å²) < 4.78 is 32.4. The molecule has 0 fully saturated rings. The van der Waals surface area contributed by atoms with Crippen molar-refractivity contribution in [1.82, 2.24) is 0 Å². The molecule has 0 radical (unpaired) electrons. The first-order valence-corrected chi connectivity index (χ1v) is 10.7. The van der Waals surface area contributed by atoms with Crippen LogP contribution >= 0.6 is 0 Å². The molecule has 162 valence electrons. The van der Waals surface area contributed by atoms with Gasteiger partial charge in [-0.3, -0.25) is 13.9 Å². The number of carboxylic acids is 2.